The number of piperidine rings is 1. The third kappa shape index (κ3) is 4.78. The van der Waals surface area contributed by atoms with E-state index in [1.54, 1.807) is 0 Å². The van der Waals surface area contributed by atoms with Gasteiger partial charge in [-0.2, -0.15) is 0 Å². The zero-order valence-corrected chi connectivity index (χ0v) is 15.5. The zero-order valence-electron chi connectivity index (χ0n) is 15.5. The number of nitrogens with one attached hydrogen (secondary N) is 2. The number of carboxylic acids is 1. The van der Waals surface area contributed by atoms with Crippen molar-refractivity contribution < 1.29 is 14.7 Å². The molecule has 5 N–H and O–H groups in total. The Labute approximate surface area is 159 Å². The van der Waals surface area contributed by atoms with E-state index in [1.807, 2.05) is 24.3 Å². The first kappa shape index (κ1) is 19.2. The monoisotopic (exact) mass is 372 g/mol. The molecule has 0 unspecified atom stereocenters. The Morgan fingerprint density at radius 2 is 1.56 bits per heavy atom. The van der Waals surface area contributed by atoms with Gasteiger partial charge in [0.05, 0.1) is 5.92 Å². The van der Waals surface area contributed by atoms with Gasteiger partial charge in [-0.3, -0.25) is 15.0 Å². The Balaban J connectivity index is 1.44. The normalized spacial score (nSPS) is 23.6. The lowest BCUT2D eigenvalue weighted by atomic mass is 9.81. The lowest BCUT2D eigenvalue weighted by molar-refractivity contribution is -0.144. The van der Waals surface area contributed by atoms with Crippen LogP contribution in [0.1, 0.15) is 44.1 Å². The van der Waals surface area contributed by atoms with E-state index in [0.717, 1.165) is 37.2 Å². The SMILES string of the molecule is N=C(N)c1ccc(N2CCC(NC(=O)C3CCC(C(=O)O)CC3)CC2)cc1. The van der Waals surface area contributed by atoms with E-state index in [9.17, 15) is 9.59 Å². The number of rotatable bonds is 5. The number of amidine groups is 1. The highest BCUT2D eigenvalue weighted by Gasteiger charge is 2.31. The van der Waals surface area contributed by atoms with Crippen LogP contribution < -0.4 is 16.0 Å². The standard InChI is InChI=1S/C20H28N4O3/c21-18(22)13-5-7-17(8-6-13)24-11-9-16(10-12-24)23-19(25)14-1-3-15(4-2-14)20(26)27/h5-8,14-16H,1-4,9-12H2,(H3,21,22)(H,23,25)(H,26,27). The molecule has 1 aromatic carbocycles. The predicted octanol–water partition coefficient (Wildman–Crippen LogP) is 1.95. The Morgan fingerprint density at radius 1 is 1.00 bits per heavy atom. The predicted molar refractivity (Wildman–Crippen MR) is 104 cm³/mol. The van der Waals surface area contributed by atoms with Crippen LogP contribution in [0.3, 0.4) is 0 Å². The summed E-state index contributed by atoms with van der Waals surface area (Å²) < 4.78 is 0. The zero-order chi connectivity index (χ0) is 19.4. The largest absolute Gasteiger partial charge is 0.481 e. The van der Waals surface area contributed by atoms with Crippen LogP contribution in [0.2, 0.25) is 0 Å². The van der Waals surface area contributed by atoms with E-state index < -0.39 is 5.97 Å². The summed E-state index contributed by atoms with van der Waals surface area (Å²) in [5.41, 5.74) is 7.32. The highest BCUT2D eigenvalue weighted by Crippen LogP contribution is 2.29. The summed E-state index contributed by atoms with van der Waals surface area (Å²) in [7, 11) is 0. The average Bonchev–Trinajstić information content (AvgIpc) is 2.68. The summed E-state index contributed by atoms with van der Waals surface area (Å²) in [5, 5.41) is 19.7. The van der Waals surface area contributed by atoms with E-state index in [4.69, 9.17) is 16.2 Å². The average molecular weight is 372 g/mol. The van der Waals surface area contributed by atoms with Crippen molar-refractivity contribution in [1.29, 1.82) is 5.41 Å². The second-order valence-corrected chi connectivity index (χ2v) is 7.62. The number of carboxylic acid groups (broad SMARTS) is 1. The van der Waals surface area contributed by atoms with Crippen LogP contribution in [-0.2, 0) is 9.59 Å². The number of nitrogens with zero attached hydrogens (tertiary/aromatic N) is 1. The van der Waals surface area contributed by atoms with Gasteiger partial charge in [-0.1, -0.05) is 0 Å². The first-order chi connectivity index (χ1) is 12.9. The fourth-order valence-electron chi connectivity index (χ4n) is 4.06. The molecule has 0 atom stereocenters. The van der Waals surface area contributed by atoms with E-state index in [2.05, 4.69) is 10.2 Å². The Kier molecular flexibility index (Phi) is 5.98. The summed E-state index contributed by atoms with van der Waals surface area (Å²) in [4.78, 5) is 25.8. The number of nitrogens with two attached hydrogens (primary N) is 1. The summed E-state index contributed by atoms with van der Waals surface area (Å²) >= 11 is 0. The molecule has 1 saturated heterocycles. The third-order valence-corrected chi connectivity index (χ3v) is 5.83. The lowest BCUT2D eigenvalue weighted by Crippen LogP contribution is -2.47. The molecule has 2 fully saturated rings. The summed E-state index contributed by atoms with van der Waals surface area (Å²) in [5.74, 6) is -0.912. The molecule has 0 bridgehead atoms. The molecule has 146 valence electrons. The number of carbonyl (C=O) groups is 2. The number of hydrogen-bond donors (Lipinski definition) is 4. The summed E-state index contributed by atoms with van der Waals surface area (Å²) in [6.45, 7) is 1.74. The number of carbonyl (C=O) groups excluding carboxylic acids is 1. The summed E-state index contributed by atoms with van der Waals surface area (Å²) in [6, 6.07) is 7.87. The molecule has 1 heterocycles. The smallest absolute Gasteiger partial charge is 0.306 e. The van der Waals surface area contributed by atoms with Gasteiger partial charge in [-0.15, -0.1) is 0 Å². The topological polar surface area (TPSA) is 120 Å². The fourth-order valence-corrected chi connectivity index (χ4v) is 4.06. The molecular weight excluding hydrogens is 344 g/mol. The Bertz CT molecular complexity index is 688. The van der Waals surface area contributed by atoms with Crippen molar-refractivity contribution >= 4 is 23.4 Å². The molecule has 0 radical (unpaired) electrons. The van der Waals surface area contributed by atoms with Crippen LogP contribution in [0.25, 0.3) is 0 Å². The van der Waals surface area contributed by atoms with Gasteiger partial charge in [-0.25, -0.2) is 0 Å². The van der Waals surface area contributed by atoms with Gasteiger partial charge in [0.15, 0.2) is 0 Å². The van der Waals surface area contributed by atoms with E-state index in [1.165, 1.54) is 0 Å². The molecule has 1 aliphatic heterocycles. The molecular formula is C20H28N4O3. The molecule has 7 heteroatoms. The second kappa shape index (κ2) is 8.41. The van der Waals surface area contributed by atoms with Crippen molar-refractivity contribution in [1.82, 2.24) is 5.32 Å². The molecule has 1 aliphatic carbocycles. The fraction of sp³-hybridized carbons (Fsp3) is 0.550. The van der Waals surface area contributed by atoms with Crippen molar-refractivity contribution in [3.05, 3.63) is 29.8 Å². The van der Waals surface area contributed by atoms with Crippen LogP contribution in [0.4, 0.5) is 5.69 Å². The highest BCUT2D eigenvalue weighted by molar-refractivity contribution is 5.95. The maximum absolute atomic E-state index is 12.5. The van der Waals surface area contributed by atoms with Gasteiger partial charge in [0.25, 0.3) is 0 Å². The van der Waals surface area contributed by atoms with Gasteiger partial charge in [0.1, 0.15) is 5.84 Å². The minimum absolute atomic E-state index is 0.0437. The van der Waals surface area contributed by atoms with Crippen LogP contribution in [-0.4, -0.2) is 41.9 Å². The molecule has 1 amide bonds. The van der Waals surface area contributed by atoms with Crippen molar-refractivity contribution in [2.45, 2.75) is 44.6 Å². The van der Waals surface area contributed by atoms with Crippen LogP contribution in [0, 0.1) is 17.2 Å². The first-order valence-corrected chi connectivity index (χ1v) is 9.66. The molecule has 0 aromatic heterocycles. The number of benzene rings is 1. The van der Waals surface area contributed by atoms with Gasteiger partial charge >= 0.3 is 5.97 Å². The van der Waals surface area contributed by atoms with Crippen molar-refractivity contribution in [3.8, 4) is 0 Å². The lowest BCUT2D eigenvalue weighted by Gasteiger charge is -2.35. The van der Waals surface area contributed by atoms with Crippen molar-refractivity contribution in [2.75, 3.05) is 18.0 Å². The van der Waals surface area contributed by atoms with E-state index in [-0.39, 0.29) is 29.6 Å². The molecule has 2 aliphatic rings. The number of anilines is 1. The molecule has 0 spiro atoms. The quantitative estimate of drug-likeness (QED) is 0.465. The third-order valence-electron chi connectivity index (χ3n) is 5.83. The van der Waals surface area contributed by atoms with Crippen molar-refractivity contribution in [3.63, 3.8) is 0 Å². The van der Waals surface area contributed by atoms with Gasteiger partial charge in [0, 0.05) is 36.3 Å². The number of amides is 1. The van der Waals surface area contributed by atoms with E-state index >= 15 is 0 Å². The molecule has 1 aromatic rings. The van der Waals surface area contributed by atoms with Crippen molar-refractivity contribution in [2.24, 2.45) is 17.6 Å². The number of nitrogen functional groups attached to an aromatic ring is 1. The van der Waals surface area contributed by atoms with Gasteiger partial charge in [-0.05, 0) is 62.8 Å². The van der Waals surface area contributed by atoms with E-state index in [0.29, 0.717) is 25.7 Å². The maximum atomic E-state index is 12.5. The minimum Gasteiger partial charge on any atom is -0.481 e. The van der Waals surface area contributed by atoms with Crippen LogP contribution in [0.15, 0.2) is 24.3 Å². The Hall–Kier alpha value is -2.57. The summed E-state index contributed by atoms with van der Waals surface area (Å²) in [6.07, 6.45) is 4.33. The molecule has 1 saturated carbocycles. The first-order valence-electron chi connectivity index (χ1n) is 9.66. The maximum Gasteiger partial charge on any atom is 0.306 e. The minimum atomic E-state index is -0.738. The van der Waals surface area contributed by atoms with Gasteiger partial charge in [0.2, 0.25) is 5.91 Å². The number of aliphatic carboxylic acids is 1. The second-order valence-electron chi connectivity index (χ2n) is 7.62. The van der Waals surface area contributed by atoms with Gasteiger partial charge < -0.3 is 21.1 Å². The Morgan fingerprint density at radius 3 is 2.07 bits per heavy atom. The highest BCUT2D eigenvalue weighted by atomic mass is 16.4. The number of hydrogen-bond acceptors (Lipinski definition) is 4. The molecule has 27 heavy (non-hydrogen) atoms. The molecule has 3 rings (SSSR count). The van der Waals surface area contributed by atoms with Crippen LogP contribution in [0.5, 0.6) is 0 Å². The van der Waals surface area contributed by atoms with Crippen LogP contribution >= 0.6 is 0 Å². The molecule has 7 nitrogen and oxygen atoms in total.